The van der Waals surface area contributed by atoms with E-state index in [-0.39, 0.29) is 0 Å². The molecule has 0 aromatic rings. The van der Waals surface area contributed by atoms with Crippen LogP contribution in [0.5, 0.6) is 0 Å². The van der Waals surface area contributed by atoms with Crippen LogP contribution in [0, 0.1) is 5.92 Å². The van der Waals surface area contributed by atoms with Gasteiger partial charge in [0.2, 0.25) is 0 Å². The van der Waals surface area contributed by atoms with Crippen LogP contribution in [0.3, 0.4) is 0 Å². The summed E-state index contributed by atoms with van der Waals surface area (Å²) in [4.78, 5) is 4.62. The van der Waals surface area contributed by atoms with Gasteiger partial charge in [0.15, 0.2) is 5.96 Å². The minimum atomic E-state index is 0.629. The van der Waals surface area contributed by atoms with Crippen LogP contribution in [0.2, 0.25) is 0 Å². The van der Waals surface area contributed by atoms with Gasteiger partial charge in [-0.05, 0) is 44.9 Å². The molecule has 0 aromatic heterocycles. The molecular formula is C15H29N3O. The zero-order valence-corrected chi connectivity index (χ0v) is 12.3. The molecule has 2 N–H and O–H groups in total. The Morgan fingerprint density at radius 1 is 1.21 bits per heavy atom. The van der Waals surface area contributed by atoms with Crippen LogP contribution in [-0.4, -0.2) is 38.3 Å². The number of nitrogens with zero attached hydrogens (tertiary/aromatic N) is 1. The van der Waals surface area contributed by atoms with Crippen molar-refractivity contribution in [3.8, 4) is 0 Å². The molecule has 0 heterocycles. The number of hydrogen-bond donors (Lipinski definition) is 2. The summed E-state index contributed by atoms with van der Waals surface area (Å²) in [5.41, 5.74) is 0. The summed E-state index contributed by atoms with van der Waals surface area (Å²) >= 11 is 0. The highest BCUT2D eigenvalue weighted by Gasteiger charge is 2.20. The normalized spacial score (nSPS) is 20.8. The summed E-state index contributed by atoms with van der Waals surface area (Å²) in [6, 6.07) is 0.629. The van der Waals surface area contributed by atoms with Gasteiger partial charge < -0.3 is 15.4 Å². The fourth-order valence-electron chi connectivity index (χ4n) is 2.48. The molecular weight excluding hydrogens is 238 g/mol. The Morgan fingerprint density at radius 2 is 2.00 bits per heavy atom. The minimum Gasteiger partial charge on any atom is -0.381 e. The van der Waals surface area contributed by atoms with Crippen LogP contribution in [0.15, 0.2) is 4.99 Å². The highest BCUT2D eigenvalue weighted by Crippen LogP contribution is 2.28. The van der Waals surface area contributed by atoms with E-state index in [2.05, 4.69) is 22.5 Å². The number of aliphatic imine (C=N–C) groups is 1. The van der Waals surface area contributed by atoms with Gasteiger partial charge in [-0.2, -0.15) is 0 Å². The number of hydrogen-bond acceptors (Lipinski definition) is 2. The van der Waals surface area contributed by atoms with E-state index in [0.717, 1.165) is 44.6 Å². The molecule has 2 saturated carbocycles. The molecule has 4 nitrogen and oxygen atoms in total. The van der Waals surface area contributed by atoms with Crippen molar-refractivity contribution in [1.82, 2.24) is 10.6 Å². The highest BCUT2D eigenvalue weighted by atomic mass is 16.5. The van der Waals surface area contributed by atoms with Crippen molar-refractivity contribution >= 4 is 5.96 Å². The maximum atomic E-state index is 5.62. The molecule has 0 radical (unpaired) electrons. The molecule has 0 saturated heterocycles. The second kappa shape index (κ2) is 8.41. The first-order valence-corrected chi connectivity index (χ1v) is 8.01. The fraction of sp³-hybridized carbons (Fsp3) is 0.933. The Morgan fingerprint density at radius 3 is 2.68 bits per heavy atom. The fourth-order valence-corrected chi connectivity index (χ4v) is 2.48. The zero-order valence-electron chi connectivity index (χ0n) is 12.3. The van der Waals surface area contributed by atoms with E-state index in [9.17, 15) is 0 Å². The predicted octanol–water partition coefficient (Wildman–Crippen LogP) is 2.30. The van der Waals surface area contributed by atoms with Gasteiger partial charge in [-0.15, -0.1) is 0 Å². The summed E-state index contributed by atoms with van der Waals surface area (Å²) < 4.78 is 5.62. The van der Waals surface area contributed by atoms with E-state index in [0.29, 0.717) is 6.04 Å². The van der Waals surface area contributed by atoms with Gasteiger partial charge >= 0.3 is 0 Å². The van der Waals surface area contributed by atoms with E-state index in [1.54, 1.807) is 0 Å². The second-order valence-electron chi connectivity index (χ2n) is 5.76. The summed E-state index contributed by atoms with van der Waals surface area (Å²) in [5, 5.41) is 6.86. The van der Waals surface area contributed by atoms with Crippen LogP contribution in [0.4, 0.5) is 0 Å². The largest absolute Gasteiger partial charge is 0.381 e. The minimum absolute atomic E-state index is 0.629. The van der Waals surface area contributed by atoms with Gasteiger partial charge in [0.1, 0.15) is 0 Å². The van der Waals surface area contributed by atoms with Crippen molar-refractivity contribution in [2.24, 2.45) is 10.9 Å². The first-order valence-electron chi connectivity index (χ1n) is 8.01. The lowest BCUT2D eigenvalue weighted by molar-refractivity contribution is 0.123. The standard InChI is InChI=1S/C15H29N3O/c1-2-16-15(18-14-6-3-4-7-14)17-10-5-11-19-12-13-8-9-13/h13-14H,2-12H2,1H3,(H2,16,17,18). The molecule has 0 unspecified atom stereocenters. The molecule has 0 spiro atoms. The number of ether oxygens (including phenoxy) is 1. The van der Waals surface area contributed by atoms with Crippen LogP contribution >= 0.6 is 0 Å². The molecule has 0 aliphatic heterocycles. The zero-order chi connectivity index (χ0) is 13.3. The molecule has 2 rings (SSSR count). The van der Waals surface area contributed by atoms with Gasteiger partial charge in [-0.1, -0.05) is 12.8 Å². The first kappa shape index (κ1) is 14.6. The molecule has 0 amide bonds. The van der Waals surface area contributed by atoms with Crippen LogP contribution < -0.4 is 10.6 Å². The third-order valence-electron chi connectivity index (χ3n) is 3.81. The van der Waals surface area contributed by atoms with Gasteiger partial charge in [0, 0.05) is 32.3 Å². The third-order valence-corrected chi connectivity index (χ3v) is 3.81. The SMILES string of the molecule is CCNC(=NCCCOCC1CC1)NC1CCCC1. The van der Waals surface area contributed by atoms with Crippen LogP contribution in [-0.2, 0) is 4.74 Å². The van der Waals surface area contributed by atoms with E-state index in [1.807, 2.05) is 0 Å². The van der Waals surface area contributed by atoms with Gasteiger partial charge in [-0.3, -0.25) is 4.99 Å². The lowest BCUT2D eigenvalue weighted by Crippen LogP contribution is -2.42. The summed E-state index contributed by atoms with van der Waals surface area (Å²) in [7, 11) is 0. The van der Waals surface area contributed by atoms with Gasteiger partial charge in [0.25, 0.3) is 0 Å². The lowest BCUT2D eigenvalue weighted by Gasteiger charge is -2.16. The molecule has 19 heavy (non-hydrogen) atoms. The molecule has 0 atom stereocenters. The molecule has 2 aliphatic carbocycles. The summed E-state index contributed by atoms with van der Waals surface area (Å²) in [6.07, 6.45) is 9.04. The molecule has 2 fully saturated rings. The predicted molar refractivity (Wildman–Crippen MR) is 79.5 cm³/mol. The van der Waals surface area contributed by atoms with Crippen molar-refractivity contribution in [2.75, 3.05) is 26.3 Å². The third kappa shape index (κ3) is 6.28. The Kier molecular flexibility index (Phi) is 6.48. The molecule has 0 aromatic carbocycles. The molecule has 110 valence electrons. The number of guanidine groups is 1. The van der Waals surface area contributed by atoms with Crippen molar-refractivity contribution in [2.45, 2.75) is 57.9 Å². The highest BCUT2D eigenvalue weighted by molar-refractivity contribution is 5.80. The van der Waals surface area contributed by atoms with E-state index < -0.39 is 0 Å². The number of rotatable bonds is 8. The van der Waals surface area contributed by atoms with Crippen molar-refractivity contribution in [1.29, 1.82) is 0 Å². The topological polar surface area (TPSA) is 45.7 Å². The molecule has 0 bridgehead atoms. The molecule has 4 heteroatoms. The smallest absolute Gasteiger partial charge is 0.191 e. The van der Waals surface area contributed by atoms with Crippen LogP contribution in [0.25, 0.3) is 0 Å². The Hall–Kier alpha value is -0.770. The Balaban J connectivity index is 1.57. The maximum Gasteiger partial charge on any atom is 0.191 e. The van der Waals surface area contributed by atoms with Gasteiger partial charge in [0.05, 0.1) is 0 Å². The van der Waals surface area contributed by atoms with E-state index >= 15 is 0 Å². The summed E-state index contributed by atoms with van der Waals surface area (Å²) in [6.45, 7) is 5.71. The first-order chi connectivity index (χ1) is 9.38. The van der Waals surface area contributed by atoms with Crippen molar-refractivity contribution in [3.63, 3.8) is 0 Å². The van der Waals surface area contributed by atoms with Crippen LogP contribution in [0.1, 0.15) is 51.9 Å². The van der Waals surface area contributed by atoms with Crippen molar-refractivity contribution in [3.05, 3.63) is 0 Å². The summed E-state index contributed by atoms with van der Waals surface area (Å²) in [5.74, 6) is 1.85. The van der Waals surface area contributed by atoms with Crippen molar-refractivity contribution < 1.29 is 4.74 Å². The van der Waals surface area contributed by atoms with Gasteiger partial charge in [-0.25, -0.2) is 0 Å². The second-order valence-corrected chi connectivity index (χ2v) is 5.76. The Bertz CT molecular complexity index is 271. The van der Waals surface area contributed by atoms with E-state index in [4.69, 9.17) is 4.74 Å². The lowest BCUT2D eigenvalue weighted by atomic mass is 10.2. The average molecular weight is 267 g/mol. The van der Waals surface area contributed by atoms with E-state index in [1.165, 1.54) is 38.5 Å². The average Bonchev–Trinajstić information content (AvgIpc) is 3.09. The quantitative estimate of drug-likeness (QED) is 0.403. The Labute approximate surface area is 117 Å². The monoisotopic (exact) mass is 267 g/mol. The molecule has 2 aliphatic rings. The number of nitrogens with one attached hydrogen (secondary N) is 2. The maximum absolute atomic E-state index is 5.62.